The SMILES string of the molecule is COc1cc(OC)c(OC)c(C(C)CC=O)c1. The minimum Gasteiger partial charge on any atom is -0.497 e. The summed E-state index contributed by atoms with van der Waals surface area (Å²) >= 11 is 0. The zero-order valence-electron chi connectivity index (χ0n) is 10.6. The zero-order valence-corrected chi connectivity index (χ0v) is 10.6. The van der Waals surface area contributed by atoms with Crippen molar-refractivity contribution in [3.8, 4) is 17.2 Å². The molecule has 1 aromatic carbocycles. The maximum atomic E-state index is 10.6. The molecule has 1 aromatic rings. The van der Waals surface area contributed by atoms with Crippen LogP contribution in [0.2, 0.25) is 0 Å². The number of hydrogen-bond donors (Lipinski definition) is 0. The number of methoxy groups -OCH3 is 3. The van der Waals surface area contributed by atoms with E-state index in [-0.39, 0.29) is 5.92 Å². The highest BCUT2D eigenvalue weighted by atomic mass is 16.5. The molecule has 1 atom stereocenters. The molecule has 17 heavy (non-hydrogen) atoms. The lowest BCUT2D eigenvalue weighted by Gasteiger charge is -2.17. The van der Waals surface area contributed by atoms with Crippen molar-refractivity contribution in [1.82, 2.24) is 0 Å². The van der Waals surface area contributed by atoms with Crippen LogP contribution in [-0.4, -0.2) is 27.6 Å². The average molecular weight is 238 g/mol. The van der Waals surface area contributed by atoms with Crippen LogP contribution < -0.4 is 14.2 Å². The van der Waals surface area contributed by atoms with Crippen LogP contribution >= 0.6 is 0 Å². The lowest BCUT2D eigenvalue weighted by molar-refractivity contribution is -0.108. The van der Waals surface area contributed by atoms with Crippen LogP contribution in [-0.2, 0) is 4.79 Å². The molecule has 0 fully saturated rings. The zero-order chi connectivity index (χ0) is 12.8. The number of carbonyl (C=O) groups is 1. The summed E-state index contributed by atoms with van der Waals surface area (Å²) < 4.78 is 15.8. The third kappa shape index (κ3) is 2.90. The second-order valence-electron chi connectivity index (χ2n) is 3.76. The Kier molecular flexibility index (Phi) is 4.82. The van der Waals surface area contributed by atoms with Crippen molar-refractivity contribution < 1.29 is 19.0 Å². The van der Waals surface area contributed by atoms with E-state index in [1.165, 1.54) is 0 Å². The Morgan fingerprint density at radius 1 is 1.18 bits per heavy atom. The van der Waals surface area contributed by atoms with Gasteiger partial charge in [-0.15, -0.1) is 0 Å². The lowest BCUT2D eigenvalue weighted by atomic mass is 9.96. The van der Waals surface area contributed by atoms with E-state index < -0.39 is 0 Å². The second kappa shape index (κ2) is 6.13. The maximum absolute atomic E-state index is 10.6. The van der Waals surface area contributed by atoms with E-state index in [9.17, 15) is 4.79 Å². The van der Waals surface area contributed by atoms with Crippen molar-refractivity contribution in [1.29, 1.82) is 0 Å². The predicted molar refractivity (Wildman–Crippen MR) is 65.2 cm³/mol. The molecular weight excluding hydrogens is 220 g/mol. The third-order valence-electron chi connectivity index (χ3n) is 2.70. The van der Waals surface area contributed by atoms with Crippen molar-refractivity contribution in [2.75, 3.05) is 21.3 Å². The summed E-state index contributed by atoms with van der Waals surface area (Å²) in [5.74, 6) is 2.02. The smallest absolute Gasteiger partial charge is 0.164 e. The van der Waals surface area contributed by atoms with Gasteiger partial charge in [-0.2, -0.15) is 0 Å². The maximum Gasteiger partial charge on any atom is 0.164 e. The minimum absolute atomic E-state index is 0.0615. The second-order valence-corrected chi connectivity index (χ2v) is 3.76. The van der Waals surface area contributed by atoms with Crippen LogP contribution in [0.3, 0.4) is 0 Å². The monoisotopic (exact) mass is 238 g/mol. The molecule has 4 heteroatoms. The Hall–Kier alpha value is -1.71. The van der Waals surface area contributed by atoms with Gasteiger partial charge in [-0.05, 0) is 12.0 Å². The van der Waals surface area contributed by atoms with Gasteiger partial charge in [0.2, 0.25) is 0 Å². The quantitative estimate of drug-likeness (QED) is 0.714. The number of benzene rings is 1. The van der Waals surface area contributed by atoms with Gasteiger partial charge in [0.1, 0.15) is 12.0 Å². The van der Waals surface area contributed by atoms with E-state index in [0.29, 0.717) is 23.7 Å². The Morgan fingerprint density at radius 3 is 2.35 bits per heavy atom. The van der Waals surface area contributed by atoms with Crippen molar-refractivity contribution in [3.05, 3.63) is 17.7 Å². The van der Waals surface area contributed by atoms with Crippen LogP contribution in [0.4, 0.5) is 0 Å². The van der Waals surface area contributed by atoms with Gasteiger partial charge in [0, 0.05) is 18.1 Å². The van der Waals surface area contributed by atoms with Gasteiger partial charge in [-0.1, -0.05) is 6.92 Å². The molecule has 0 bridgehead atoms. The van der Waals surface area contributed by atoms with Gasteiger partial charge < -0.3 is 19.0 Å². The molecule has 0 saturated carbocycles. The van der Waals surface area contributed by atoms with Gasteiger partial charge in [-0.3, -0.25) is 0 Å². The molecule has 0 amide bonds. The molecule has 1 rings (SSSR count). The van der Waals surface area contributed by atoms with Gasteiger partial charge in [-0.25, -0.2) is 0 Å². The molecule has 1 unspecified atom stereocenters. The molecule has 0 radical (unpaired) electrons. The van der Waals surface area contributed by atoms with Crippen molar-refractivity contribution >= 4 is 6.29 Å². The molecule has 0 spiro atoms. The number of carbonyl (C=O) groups excluding carboxylic acids is 1. The van der Waals surface area contributed by atoms with Gasteiger partial charge in [0.15, 0.2) is 11.5 Å². The first-order valence-corrected chi connectivity index (χ1v) is 5.41. The average Bonchev–Trinajstić information content (AvgIpc) is 2.37. The van der Waals surface area contributed by atoms with Crippen LogP contribution in [0, 0.1) is 0 Å². The topological polar surface area (TPSA) is 44.8 Å². The number of aldehydes is 1. The van der Waals surface area contributed by atoms with E-state index in [4.69, 9.17) is 14.2 Å². The molecule has 4 nitrogen and oxygen atoms in total. The van der Waals surface area contributed by atoms with E-state index in [2.05, 4.69) is 0 Å². The standard InChI is InChI=1S/C13H18O4/c1-9(5-6-14)11-7-10(15-2)8-12(16-3)13(11)17-4/h6-9H,5H2,1-4H3. The molecule has 0 heterocycles. The first-order valence-electron chi connectivity index (χ1n) is 5.41. The molecule has 0 aliphatic carbocycles. The molecule has 0 aliphatic rings. The Labute approximate surface area is 101 Å². The normalized spacial score (nSPS) is 11.8. The van der Waals surface area contributed by atoms with Crippen molar-refractivity contribution in [3.63, 3.8) is 0 Å². The highest BCUT2D eigenvalue weighted by molar-refractivity contribution is 5.57. The largest absolute Gasteiger partial charge is 0.497 e. The van der Waals surface area contributed by atoms with E-state index in [1.54, 1.807) is 27.4 Å². The Bertz CT molecular complexity index is 387. The number of hydrogen-bond acceptors (Lipinski definition) is 4. The first-order chi connectivity index (χ1) is 8.17. The van der Waals surface area contributed by atoms with Crippen LogP contribution in [0.1, 0.15) is 24.8 Å². The summed E-state index contributed by atoms with van der Waals surface area (Å²) in [7, 11) is 4.75. The lowest BCUT2D eigenvalue weighted by Crippen LogP contribution is -2.02. The summed E-state index contributed by atoms with van der Waals surface area (Å²) in [5.41, 5.74) is 0.913. The van der Waals surface area contributed by atoms with Crippen LogP contribution in [0.15, 0.2) is 12.1 Å². The summed E-state index contributed by atoms with van der Waals surface area (Å²) in [6, 6.07) is 3.63. The van der Waals surface area contributed by atoms with Crippen LogP contribution in [0.5, 0.6) is 17.2 Å². The Morgan fingerprint density at radius 2 is 1.88 bits per heavy atom. The summed E-state index contributed by atoms with van der Waals surface area (Å²) in [6.07, 6.45) is 1.34. The van der Waals surface area contributed by atoms with E-state index in [1.807, 2.05) is 13.0 Å². The van der Waals surface area contributed by atoms with Crippen LogP contribution in [0.25, 0.3) is 0 Å². The molecule has 0 aliphatic heterocycles. The van der Waals surface area contributed by atoms with Gasteiger partial charge in [0.05, 0.1) is 21.3 Å². The molecular formula is C13H18O4. The molecule has 0 aromatic heterocycles. The highest BCUT2D eigenvalue weighted by Crippen LogP contribution is 2.39. The summed E-state index contributed by atoms with van der Waals surface area (Å²) in [6.45, 7) is 1.96. The molecule has 0 N–H and O–H groups in total. The van der Waals surface area contributed by atoms with E-state index >= 15 is 0 Å². The van der Waals surface area contributed by atoms with Gasteiger partial charge in [0.25, 0.3) is 0 Å². The van der Waals surface area contributed by atoms with Crippen molar-refractivity contribution in [2.24, 2.45) is 0 Å². The third-order valence-corrected chi connectivity index (χ3v) is 2.70. The fraction of sp³-hybridized carbons (Fsp3) is 0.462. The van der Waals surface area contributed by atoms with Gasteiger partial charge >= 0.3 is 0 Å². The van der Waals surface area contributed by atoms with E-state index in [0.717, 1.165) is 11.8 Å². The Balaban J connectivity index is 3.27. The number of ether oxygens (including phenoxy) is 3. The fourth-order valence-corrected chi connectivity index (χ4v) is 1.72. The highest BCUT2D eigenvalue weighted by Gasteiger charge is 2.17. The first kappa shape index (κ1) is 13.4. The number of rotatable bonds is 6. The molecule has 94 valence electrons. The summed E-state index contributed by atoms with van der Waals surface area (Å²) in [4.78, 5) is 10.6. The summed E-state index contributed by atoms with van der Waals surface area (Å²) in [5, 5.41) is 0. The minimum atomic E-state index is 0.0615. The molecule has 0 saturated heterocycles. The fourth-order valence-electron chi connectivity index (χ4n) is 1.72. The predicted octanol–water partition coefficient (Wildman–Crippen LogP) is 2.40. The van der Waals surface area contributed by atoms with Crippen molar-refractivity contribution in [2.45, 2.75) is 19.3 Å².